The van der Waals surface area contributed by atoms with Crippen molar-refractivity contribution in [1.82, 2.24) is 0 Å². The summed E-state index contributed by atoms with van der Waals surface area (Å²) in [5.74, 6) is 3.25. The van der Waals surface area contributed by atoms with Crippen molar-refractivity contribution in [3.05, 3.63) is 162 Å². The van der Waals surface area contributed by atoms with Crippen molar-refractivity contribution in [3.8, 4) is 22.3 Å². The van der Waals surface area contributed by atoms with Crippen LogP contribution in [0, 0.1) is 23.7 Å². The van der Waals surface area contributed by atoms with E-state index >= 15 is 0 Å². The predicted octanol–water partition coefficient (Wildman–Crippen LogP) is 15.0. The summed E-state index contributed by atoms with van der Waals surface area (Å²) in [6.07, 6.45) is 9.43. The summed E-state index contributed by atoms with van der Waals surface area (Å²) in [7, 11) is 0. The molecule has 1 nitrogen and oxygen atoms in total. The third-order valence-electron chi connectivity index (χ3n) is 15.2. The van der Waals surface area contributed by atoms with Crippen LogP contribution in [0.5, 0.6) is 0 Å². The number of para-hydroxylation sites is 1. The first kappa shape index (κ1) is 34.7. The summed E-state index contributed by atoms with van der Waals surface area (Å²) in [6.45, 7) is 9.76. The van der Waals surface area contributed by atoms with Gasteiger partial charge in [0.05, 0.1) is 5.69 Å². The van der Waals surface area contributed by atoms with Crippen LogP contribution in [-0.4, -0.2) is 0 Å². The Morgan fingerprint density at radius 2 is 1.07 bits per heavy atom. The van der Waals surface area contributed by atoms with Crippen LogP contribution in [0.1, 0.15) is 94.9 Å². The average Bonchev–Trinajstić information content (AvgIpc) is 3.22. The van der Waals surface area contributed by atoms with E-state index in [4.69, 9.17) is 0 Å². The Bertz CT molecular complexity index is 2440. The normalized spacial score (nSPS) is 26.0. The molecule has 12 rings (SSSR count). The molecule has 4 bridgehead atoms. The standard InChI is InChI=1S/C54H53NS/c1-52(2)27-28-53(3,4)51-44(16-12-18-46(51)52)38-21-23-41(24-22-38)55(48-19-10-8-15-43(48)37-13-6-5-7-14-37)42-25-26-50-47(34-42)54(45-17-9-11-20-49(45)56-50)39-30-35-29-36(32-39)33-40(54)31-35/h5-26,34-36,39-40H,27-33H2,1-4H3. The number of benzene rings is 6. The quantitative estimate of drug-likeness (QED) is 0.173. The molecule has 6 aliphatic rings. The van der Waals surface area contributed by atoms with Crippen LogP contribution in [0.25, 0.3) is 22.3 Å². The number of fused-ring (bicyclic) bond motifs is 3. The van der Waals surface area contributed by atoms with Gasteiger partial charge in [0.15, 0.2) is 0 Å². The van der Waals surface area contributed by atoms with Gasteiger partial charge in [0.1, 0.15) is 0 Å². The summed E-state index contributed by atoms with van der Waals surface area (Å²) in [4.78, 5) is 5.51. The monoisotopic (exact) mass is 747 g/mol. The molecule has 4 fully saturated rings. The molecule has 0 radical (unpaired) electrons. The van der Waals surface area contributed by atoms with Crippen molar-refractivity contribution in [3.63, 3.8) is 0 Å². The lowest BCUT2D eigenvalue weighted by Crippen LogP contribution is -2.57. The molecule has 280 valence electrons. The van der Waals surface area contributed by atoms with Crippen molar-refractivity contribution in [1.29, 1.82) is 0 Å². The highest BCUT2D eigenvalue weighted by Gasteiger charge is 2.60. The third kappa shape index (κ3) is 5.20. The summed E-state index contributed by atoms with van der Waals surface area (Å²) in [5.41, 5.74) is 15.5. The molecule has 56 heavy (non-hydrogen) atoms. The summed E-state index contributed by atoms with van der Waals surface area (Å²) < 4.78 is 0. The van der Waals surface area contributed by atoms with E-state index in [9.17, 15) is 0 Å². The number of rotatable bonds is 5. The van der Waals surface area contributed by atoms with Crippen molar-refractivity contribution in [2.24, 2.45) is 23.7 Å². The fourth-order valence-corrected chi connectivity index (χ4v) is 14.0. The van der Waals surface area contributed by atoms with Gasteiger partial charge >= 0.3 is 0 Å². The summed E-state index contributed by atoms with van der Waals surface area (Å²) >= 11 is 2.00. The smallest absolute Gasteiger partial charge is 0.0540 e. The number of anilines is 3. The Labute approximate surface area is 338 Å². The van der Waals surface area contributed by atoms with Crippen LogP contribution < -0.4 is 4.90 Å². The van der Waals surface area contributed by atoms with Gasteiger partial charge in [-0.2, -0.15) is 0 Å². The maximum absolute atomic E-state index is 2.65. The lowest BCUT2D eigenvalue weighted by molar-refractivity contribution is -0.0443. The van der Waals surface area contributed by atoms with Crippen LogP contribution in [-0.2, 0) is 16.2 Å². The molecule has 1 aliphatic heterocycles. The van der Waals surface area contributed by atoms with E-state index in [1.54, 1.807) is 11.1 Å². The molecule has 0 N–H and O–H groups in total. The minimum atomic E-state index is 0.0854. The first-order valence-electron chi connectivity index (χ1n) is 21.3. The highest BCUT2D eigenvalue weighted by molar-refractivity contribution is 7.99. The second-order valence-corrected chi connectivity index (χ2v) is 20.3. The predicted molar refractivity (Wildman–Crippen MR) is 236 cm³/mol. The van der Waals surface area contributed by atoms with Gasteiger partial charge in [-0.25, -0.2) is 0 Å². The molecule has 0 saturated heterocycles. The van der Waals surface area contributed by atoms with Crippen LogP contribution >= 0.6 is 11.8 Å². The molecule has 0 atom stereocenters. The molecule has 0 aromatic heterocycles. The zero-order valence-corrected chi connectivity index (χ0v) is 34.2. The average molecular weight is 748 g/mol. The molecule has 2 heteroatoms. The highest BCUT2D eigenvalue weighted by atomic mass is 32.2. The van der Waals surface area contributed by atoms with Gasteiger partial charge in [-0.3, -0.25) is 0 Å². The van der Waals surface area contributed by atoms with Gasteiger partial charge in [0.25, 0.3) is 0 Å². The van der Waals surface area contributed by atoms with Crippen molar-refractivity contribution in [2.75, 3.05) is 4.90 Å². The fraction of sp³-hybridized carbons (Fsp3) is 0.333. The Morgan fingerprint density at radius 1 is 0.482 bits per heavy atom. The first-order chi connectivity index (χ1) is 27.2. The van der Waals surface area contributed by atoms with E-state index in [0.717, 1.165) is 11.8 Å². The van der Waals surface area contributed by atoms with E-state index in [2.05, 4.69) is 172 Å². The zero-order valence-electron chi connectivity index (χ0n) is 33.4. The number of hydrogen-bond donors (Lipinski definition) is 0. The number of nitrogens with zero attached hydrogens (tertiary/aromatic N) is 1. The summed E-state index contributed by atoms with van der Waals surface area (Å²) in [6, 6.07) is 53.6. The Balaban J connectivity index is 1.09. The topological polar surface area (TPSA) is 3.24 Å². The SMILES string of the molecule is CC1(C)CCC(C)(C)c2c(-c3ccc(N(c4ccc5c(c4)C4(c6ccccc6S5)C5CC6CC(C5)CC4C6)c4ccccc4-c4ccccc4)cc3)cccc21. The van der Waals surface area contributed by atoms with Crippen LogP contribution in [0.2, 0.25) is 0 Å². The van der Waals surface area contributed by atoms with E-state index in [-0.39, 0.29) is 16.2 Å². The first-order valence-corrected chi connectivity index (χ1v) is 22.1. The van der Waals surface area contributed by atoms with Crippen molar-refractivity contribution in [2.45, 2.75) is 98.7 Å². The van der Waals surface area contributed by atoms with E-state index in [0.29, 0.717) is 11.8 Å². The van der Waals surface area contributed by atoms with Crippen molar-refractivity contribution < 1.29 is 0 Å². The maximum Gasteiger partial charge on any atom is 0.0540 e. The van der Waals surface area contributed by atoms with E-state index in [1.807, 2.05) is 11.8 Å². The van der Waals surface area contributed by atoms with Gasteiger partial charge in [0.2, 0.25) is 0 Å². The fourth-order valence-electron chi connectivity index (χ4n) is 12.8. The lowest BCUT2D eigenvalue weighted by atomic mass is 9.42. The molecule has 6 aromatic carbocycles. The van der Waals surface area contributed by atoms with Gasteiger partial charge in [0, 0.05) is 32.1 Å². The second kappa shape index (κ2) is 12.7. The third-order valence-corrected chi connectivity index (χ3v) is 16.3. The molecule has 0 amide bonds. The van der Waals surface area contributed by atoms with Gasteiger partial charge in [-0.1, -0.05) is 137 Å². The largest absolute Gasteiger partial charge is 0.310 e. The van der Waals surface area contributed by atoms with Gasteiger partial charge in [-0.05, 0) is 161 Å². The molecule has 1 heterocycles. The van der Waals surface area contributed by atoms with E-state index < -0.39 is 0 Å². The van der Waals surface area contributed by atoms with Gasteiger partial charge in [-0.15, -0.1) is 0 Å². The minimum absolute atomic E-state index is 0.0854. The maximum atomic E-state index is 2.65. The zero-order chi connectivity index (χ0) is 37.8. The Hall–Kier alpha value is -4.53. The molecule has 0 unspecified atom stereocenters. The van der Waals surface area contributed by atoms with Crippen molar-refractivity contribution >= 4 is 28.8 Å². The number of hydrogen-bond acceptors (Lipinski definition) is 2. The van der Waals surface area contributed by atoms with Crippen LogP contribution in [0.15, 0.2) is 149 Å². The van der Waals surface area contributed by atoms with Gasteiger partial charge < -0.3 is 4.90 Å². The lowest BCUT2D eigenvalue weighted by Gasteiger charge is -2.63. The van der Waals surface area contributed by atoms with Crippen LogP contribution in [0.3, 0.4) is 0 Å². The Kier molecular flexibility index (Phi) is 7.89. The molecular formula is C54H53NS. The van der Waals surface area contributed by atoms with Crippen LogP contribution in [0.4, 0.5) is 17.1 Å². The van der Waals surface area contributed by atoms with E-state index in [1.165, 1.54) is 105 Å². The second-order valence-electron chi connectivity index (χ2n) is 19.2. The summed E-state index contributed by atoms with van der Waals surface area (Å²) in [5, 5.41) is 0. The molecule has 1 spiro atoms. The molecule has 6 aromatic rings. The molecule has 5 aliphatic carbocycles. The molecular weight excluding hydrogens is 695 g/mol. The highest BCUT2D eigenvalue weighted by Crippen LogP contribution is 2.69. The Morgan fingerprint density at radius 3 is 1.84 bits per heavy atom. The molecule has 4 saturated carbocycles. The minimum Gasteiger partial charge on any atom is -0.310 e.